The van der Waals surface area contributed by atoms with Crippen molar-refractivity contribution in [3.8, 4) is 0 Å². The fraction of sp³-hybridized carbons (Fsp3) is 0.263. The second-order valence-corrected chi connectivity index (χ2v) is 8.59. The van der Waals surface area contributed by atoms with E-state index in [-0.39, 0.29) is 11.4 Å². The number of aromatic amines is 1. The first-order chi connectivity index (χ1) is 13.5. The first-order valence-corrected chi connectivity index (χ1v) is 10.6. The molecule has 1 aliphatic rings. The highest BCUT2D eigenvalue weighted by Crippen LogP contribution is 2.28. The number of carbonyl (C=O) groups excluding carboxylic acids is 1. The van der Waals surface area contributed by atoms with Gasteiger partial charge >= 0.3 is 6.03 Å². The second kappa shape index (κ2) is 7.61. The number of fused-ring (bicyclic) bond motifs is 1. The maximum absolute atomic E-state index is 12.2. The Morgan fingerprint density at radius 1 is 1.11 bits per heavy atom. The average molecular weight is 399 g/mol. The number of amides is 2. The summed E-state index contributed by atoms with van der Waals surface area (Å²) in [5.41, 5.74) is 2.25. The molecule has 2 amide bonds. The maximum atomic E-state index is 12.2. The normalized spacial score (nSPS) is 14.1. The average Bonchev–Trinajstić information content (AvgIpc) is 3.43. The second-order valence-electron chi connectivity index (χ2n) is 6.83. The summed E-state index contributed by atoms with van der Waals surface area (Å²) in [7, 11) is -3.51. The molecule has 28 heavy (non-hydrogen) atoms. The number of hydrogen-bond acceptors (Lipinski definition) is 4. The Morgan fingerprint density at radius 3 is 2.57 bits per heavy atom. The molecule has 9 heteroatoms. The molecule has 1 aromatic heterocycles. The summed E-state index contributed by atoms with van der Waals surface area (Å²) < 4.78 is 27.0. The van der Waals surface area contributed by atoms with Crippen molar-refractivity contribution >= 4 is 32.8 Å². The lowest BCUT2D eigenvalue weighted by Crippen LogP contribution is -2.28. The van der Waals surface area contributed by atoms with E-state index in [9.17, 15) is 13.2 Å². The molecule has 0 saturated heterocycles. The van der Waals surface area contributed by atoms with Crippen molar-refractivity contribution in [2.75, 3.05) is 11.9 Å². The molecule has 4 N–H and O–H groups in total. The zero-order chi connectivity index (χ0) is 19.6. The lowest BCUT2D eigenvalue weighted by Gasteiger charge is -2.09. The Hall–Kier alpha value is -2.91. The molecule has 1 fully saturated rings. The Kier molecular flexibility index (Phi) is 5.01. The molecular weight excluding hydrogens is 378 g/mol. The number of hydrogen-bond donors (Lipinski definition) is 4. The Morgan fingerprint density at radius 2 is 1.86 bits per heavy atom. The summed E-state index contributed by atoms with van der Waals surface area (Å²) in [6.45, 7) is 0.727. The number of carbonyl (C=O) groups is 1. The topological polar surface area (TPSA) is 116 Å². The van der Waals surface area contributed by atoms with Gasteiger partial charge in [-0.05, 0) is 55.2 Å². The highest BCUT2D eigenvalue weighted by molar-refractivity contribution is 7.89. The van der Waals surface area contributed by atoms with Crippen LogP contribution in [0.4, 0.5) is 10.5 Å². The van der Waals surface area contributed by atoms with Crippen LogP contribution in [0.1, 0.15) is 18.7 Å². The molecule has 0 radical (unpaired) electrons. The summed E-state index contributed by atoms with van der Waals surface area (Å²) in [6, 6.07) is 13.3. The summed E-state index contributed by atoms with van der Waals surface area (Å²) in [5.74, 6) is 1.12. The number of aromatic nitrogens is 2. The van der Waals surface area contributed by atoms with E-state index < -0.39 is 16.1 Å². The smallest absolute Gasteiger partial charge is 0.319 e. The van der Waals surface area contributed by atoms with E-state index in [1.807, 2.05) is 24.3 Å². The van der Waals surface area contributed by atoms with Crippen LogP contribution in [0, 0.1) is 5.92 Å². The fourth-order valence-corrected chi connectivity index (χ4v) is 3.90. The third-order valence-electron chi connectivity index (χ3n) is 4.54. The van der Waals surface area contributed by atoms with E-state index in [1.54, 1.807) is 12.1 Å². The van der Waals surface area contributed by atoms with Gasteiger partial charge in [-0.25, -0.2) is 22.9 Å². The molecule has 8 nitrogen and oxygen atoms in total. The highest BCUT2D eigenvalue weighted by Gasteiger charge is 2.24. The zero-order valence-corrected chi connectivity index (χ0v) is 15.9. The molecule has 146 valence electrons. The van der Waals surface area contributed by atoms with Crippen LogP contribution < -0.4 is 15.4 Å². The van der Waals surface area contributed by atoms with Crippen molar-refractivity contribution in [3.05, 3.63) is 54.4 Å². The molecule has 1 saturated carbocycles. The zero-order valence-electron chi connectivity index (χ0n) is 15.1. The van der Waals surface area contributed by atoms with Crippen LogP contribution in [-0.4, -0.2) is 31.0 Å². The van der Waals surface area contributed by atoms with Gasteiger partial charge in [0.25, 0.3) is 0 Å². The summed E-state index contributed by atoms with van der Waals surface area (Å²) in [6.07, 6.45) is 2.16. The van der Waals surface area contributed by atoms with E-state index in [0.29, 0.717) is 24.0 Å². The largest absolute Gasteiger partial charge is 0.340 e. The molecule has 0 bridgehead atoms. The van der Waals surface area contributed by atoms with Crippen molar-refractivity contribution in [1.82, 2.24) is 20.0 Å². The van der Waals surface area contributed by atoms with Gasteiger partial charge in [-0.15, -0.1) is 0 Å². The van der Waals surface area contributed by atoms with Gasteiger partial charge in [-0.2, -0.15) is 0 Å². The van der Waals surface area contributed by atoms with Crippen molar-refractivity contribution in [2.45, 2.75) is 24.3 Å². The first kappa shape index (κ1) is 18.5. The minimum Gasteiger partial charge on any atom is -0.340 e. The molecule has 2 aromatic carbocycles. The Bertz CT molecular complexity index is 1060. The number of benzene rings is 2. The lowest BCUT2D eigenvalue weighted by molar-refractivity contribution is 0.251. The number of urea groups is 1. The summed E-state index contributed by atoms with van der Waals surface area (Å²) in [5, 5.41) is 5.40. The number of sulfonamides is 1. The Balaban J connectivity index is 1.31. The molecule has 0 unspecified atom stereocenters. The van der Waals surface area contributed by atoms with Crippen molar-refractivity contribution in [2.24, 2.45) is 5.92 Å². The predicted octanol–water partition coefficient (Wildman–Crippen LogP) is 2.57. The monoisotopic (exact) mass is 399 g/mol. The van der Waals surface area contributed by atoms with Crippen LogP contribution in [0.2, 0.25) is 0 Å². The quantitative estimate of drug-likeness (QED) is 0.489. The number of imidazole rings is 1. The van der Waals surface area contributed by atoms with Crippen molar-refractivity contribution < 1.29 is 13.2 Å². The van der Waals surface area contributed by atoms with Crippen LogP contribution in [0.15, 0.2) is 53.4 Å². The van der Waals surface area contributed by atoms with Crippen LogP contribution in [0.5, 0.6) is 0 Å². The molecule has 1 aliphatic carbocycles. The minimum absolute atomic E-state index is 0.182. The molecule has 4 rings (SSSR count). The van der Waals surface area contributed by atoms with Crippen LogP contribution >= 0.6 is 0 Å². The number of anilines is 1. The third-order valence-corrected chi connectivity index (χ3v) is 5.98. The lowest BCUT2D eigenvalue weighted by atomic mass is 10.3. The number of rotatable bonds is 7. The van der Waals surface area contributed by atoms with Gasteiger partial charge < -0.3 is 15.6 Å². The van der Waals surface area contributed by atoms with Crippen molar-refractivity contribution in [1.29, 1.82) is 0 Å². The van der Waals surface area contributed by atoms with E-state index >= 15 is 0 Å². The highest BCUT2D eigenvalue weighted by atomic mass is 32.2. The standard InChI is InChI=1S/C19H21N5O3S/c25-19(20-12-18-23-16-3-1-2-4-17(16)24-18)22-14-7-9-15(10-8-14)28(26,27)21-11-13-5-6-13/h1-4,7-10,13,21H,5-6,11-12H2,(H,23,24)(H2,20,22,25). The first-order valence-electron chi connectivity index (χ1n) is 9.08. The molecule has 1 heterocycles. The summed E-state index contributed by atoms with van der Waals surface area (Å²) in [4.78, 5) is 19.8. The number of H-pyrrole nitrogens is 1. The number of para-hydroxylation sites is 2. The van der Waals surface area contributed by atoms with Gasteiger partial charge in [-0.1, -0.05) is 12.1 Å². The van der Waals surface area contributed by atoms with Gasteiger partial charge in [0.15, 0.2) is 0 Å². The van der Waals surface area contributed by atoms with E-state index in [0.717, 1.165) is 23.9 Å². The van der Waals surface area contributed by atoms with Crippen molar-refractivity contribution in [3.63, 3.8) is 0 Å². The van der Waals surface area contributed by atoms with Crippen LogP contribution in [0.25, 0.3) is 11.0 Å². The van der Waals surface area contributed by atoms with E-state index in [1.165, 1.54) is 12.1 Å². The maximum Gasteiger partial charge on any atom is 0.319 e. The molecular formula is C19H21N5O3S. The molecule has 0 atom stereocenters. The molecule has 0 spiro atoms. The number of nitrogens with one attached hydrogen (secondary N) is 4. The van der Waals surface area contributed by atoms with Gasteiger partial charge in [0.2, 0.25) is 10.0 Å². The van der Waals surface area contributed by atoms with Gasteiger partial charge in [-0.3, -0.25) is 0 Å². The minimum atomic E-state index is -3.51. The van der Waals surface area contributed by atoms with Gasteiger partial charge in [0, 0.05) is 12.2 Å². The third kappa shape index (κ3) is 4.49. The molecule has 3 aromatic rings. The van der Waals surface area contributed by atoms with Crippen LogP contribution in [0.3, 0.4) is 0 Å². The van der Waals surface area contributed by atoms with Gasteiger partial charge in [0.1, 0.15) is 5.82 Å². The van der Waals surface area contributed by atoms with E-state index in [2.05, 4.69) is 25.3 Å². The predicted molar refractivity (Wildman–Crippen MR) is 106 cm³/mol. The summed E-state index contributed by atoms with van der Waals surface area (Å²) >= 11 is 0. The van der Waals surface area contributed by atoms with E-state index in [4.69, 9.17) is 0 Å². The molecule has 0 aliphatic heterocycles. The SMILES string of the molecule is O=C(NCc1nc2ccccc2[nH]1)Nc1ccc(S(=O)(=O)NCC2CC2)cc1. The number of nitrogens with zero attached hydrogens (tertiary/aromatic N) is 1. The Labute approximate surface area is 162 Å². The van der Waals surface area contributed by atoms with Crippen LogP contribution in [-0.2, 0) is 16.6 Å². The van der Waals surface area contributed by atoms with Gasteiger partial charge in [0.05, 0.1) is 22.5 Å². The fourth-order valence-electron chi connectivity index (χ4n) is 2.78.